The molecule has 0 spiro atoms. The fraction of sp³-hybridized carbons (Fsp3) is 0.333. The molecule has 0 atom stereocenters. The number of ether oxygens (including phenoxy) is 1. The van der Waals surface area contributed by atoms with Crippen LogP contribution < -0.4 is 4.74 Å². The molecule has 3 aromatic heterocycles. The van der Waals surface area contributed by atoms with Crippen molar-refractivity contribution >= 4 is 23.4 Å². The van der Waals surface area contributed by atoms with Gasteiger partial charge in [0, 0.05) is 26.2 Å². The molecule has 0 bridgehead atoms. The van der Waals surface area contributed by atoms with Gasteiger partial charge in [0.15, 0.2) is 10.4 Å². The maximum Gasteiger partial charge on any atom is 0.242 e. The van der Waals surface area contributed by atoms with E-state index in [1.165, 1.54) is 6.33 Å². The molecule has 0 saturated carbocycles. The SMILES string of the molecule is COc1ncnc2c1[nH]c(=S)n2CCc1ccn(C)n1. The summed E-state index contributed by atoms with van der Waals surface area (Å²) in [5, 5.41) is 4.36. The van der Waals surface area contributed by atoms with Crippen LogP contribution in [-0.4, -0.2) is 36.4 Å². The highest BCUT2D eigenvalue weighted by atomic mass is 32.1. The number of nitrogens with zero attached hydrogens (tertiary/aromatic N) is 5. The van der Waals surface area contributed by atoms with Gasteiger partial charge in [0.1, 0.15) is 11.8 Å². The van der Waals surface area contributed by atoms with Crippen LogP contribution in [0.2, 0.25) is 0 Å². The zero-order chi connectivity index (χ0) is 14.1. The van der Waals surface area contributed by atoms with Crippen molar-refractivity contribution in [1.82, 2.24) is 29.3 Å². The van der Waals surface area contributed by atoms with Gasteiger partial charge in [0.25, 0.3) is 0 Å². The first kappa shape index (κ1) is 12.8. The molecule has 3 aromatic rings. The molecule has 0 aliphatic heterocycles. The van der Waals surface area contributed by atoms with E-state index in [1.807, 2.05) is 23.9 Å². The Morgan fingerprint density at radius 1 is 1.40 bits per heavy atom. The van der Waals surface area contributed by atoms with Crippen molar-refractivity contribution < 1.29 is 4.74 Å². The molecule has 3 heterocycles. The average Bonchev–Trinajstić information content (AvgIpc) is 2.99. The lowest BCUT2D eigenvalue weighted by molar-refractivity contribution is 0.401. The molecule has 8 heteroatoms. The summed E-state index contributed by atoms with van der Waals surface area (Å²) in [6.07, 6.45) is 4.19. The minimum atomic E-state index is 0.498. The van der Waals surface area contributed by atoms with Gasteiger partial charge in [-0.1, -0.05) is 0 Å². The van der Waals surface area contributed by atoms with E-state index in [4.69, 9.17) is 17.0 Å². The van der Waals surface area contributed by atoms with Crippen molar-refractivity contribution in [2.24, 2.45) is 7.05 Å². The van der Waals surface area contributed by atoms with E-state index < -0.39 is 0 Å². The summed E-state index contributed by atoms with van der Waals surface area (Å²) >= 11 is 5.34. The third-order valence-electron chi connectivity index (χ3n) is 3.08. The highest BCUT2D eigenvalue weighted by molar-refractivity contribution is 7.71. The second-order valence-corrected chi connectivity index (χ2v) is 4.78. The lowest BCUT2D eigenvalue weighted by Gasteiger charge is -2.03. The number of aromatic nitrogens is 6. The van der Waals surface area contributed by atoms with Gasteiger partial charge in [-0.3, -0.25) is 4.68 Å². The number of hydrogen-bond donors (Lipinski definition) is 1. The summed E-state index contributed by atoms with van der Waals surface area (Å²) in [6.45, 7) is 0.704. The first-order chi connectivity index (χ1) is 9.69. The van der Waals surface area contributed by atoms with Gasteiger partial charge in [0.2, 0.25) is 5.88 Å². The van der Waals surface area contributed by atoms with Crippen LogP contribution in [-0.2, 0) is 20.0 Å². The van der Waals surface area contributed by atoms with E-state index in [0.717, 1.165) is 23.3 Å². The molecule has 20 heavy (non-hydrogen) atoms. The first-order valence-electron chi connectivity index (χ1n) is 6.15. The molecule has 0 fully saturated rings. The molecule has 0 unspecified atom stereocenters. The predicted octanol–water partition coefficient (Wildman–Crippen LogP) is 1.47. The second kappa shape index (κ2) is 5.04. The third kappa shape index (κ3) is 2.18. The van der Waals surface area contributed by atoms with E-state index in [2.05, 4.69) is 20.1 Å². The van der Waals surface area contributed by atoms with E-state index in [9.17, 15) is 0 Å². The van der Waals surface area contributed by atoms with E-state index >= 15 is 0 Å². The summed E-state index contributed by atoms with van der Waals surface area (Å²) in [5.74, 6) is 0.498. The van der Waals surface area contributed by atoms with Gasteiger partial charge < -0.3 is 14.3 Å². The van der Waals surface area contributed by atoms with Gasteiger partial charge in [-0.25, -0.2) is 4.98 Å². The van der Waals surface area contributed by atoms with Crippen LogP contribution in [0.3, 0.4) is 0 Å². The Hall–Kier alpha value is -2.22. The maximum absolute atomic E-state index is 5.34. The molecule has 0 aliphatic rings. The minimum absolute atomic E-state index is 0.498. The van der Waals surface area contributed by atoms with Gasteiger partial charge in [-0.2, -0.15) is 10.1 Å². The molecule has 3 rings (SSSR count). The standard InChI is InChI=1S/C12H14N6OS/c1-17-5-3-8(16-17)4-6-18-10-9(15-12(18)20)11(19-2)14-7-13-10/h3,5,7H,4,6H2,1-2H3,(H,15,20). The molecule has 1 N–H and O–H groups in total. The molecule has 104 valence electrons. The largest absolute Gasteiger partial charge is 0.479 e. The summed E-state index contributed by atoms with van der Waals surface area (Å²) in [6, 6.07) is 1.99. The van der Waals surface area contributed by atoms with Crippen molar-refractivity contribution in [3.8, 4) is 5.88 Å². The zero-order valence-electron chi connectivity index (χ0n) is 11.2. The van der Waals surface area contributed by atoms with Crippen LogP contribution in [0, 0.1) is 4.77 Å². The Balaban J connectivity index is 1.95. The van der Waals surface area contributed by atoms with Crippen LogP contribution in [0.15, 0.2) is 18.6 Å². The summed E-state index contributed by atoms with van der Waals surface area (Å²) in [4.78, 5) is 11.4. The minimum Gasteiger partial charge on any atom is -0.479 e. The van der Waals surface area contributed by atoms with Gasteiger partial charge in [-0.15, -0.1) is 0 Å². The van der Waals surface area contributed by atoms with Crippen LogP contribution >= 0.6 is 12.2 Å². The molecule has 0 amide bonds. The van der Waals surface area contributed by atoms with Gasteiger partial charge >= 0.3 is 0 Å². The molecule has 0 radical (unpaired) electrons. The number of fused-ring (bicyclic) bond motifs is 1. The number of hydrogen-bond acceptors (Lipinski definition) is 5. The number of rotatable bonds is 4. The van der Waals surface area contributed by atoms with Crippen LogP contribution in [0.5, 0.6) is 5.88 Å². The van der Waals surface area contributed by atoms with Crippen molar-refractivity contribution in [3.63, 3.8) is 0 Å². The van der Waals surface area contributed by atoms with Crippen LogP contribution in [0.4, 0.5) is 0 Å². The van der Waals surface area contributed by atoms with Crippen molar-refractivity contribution in [3.05, 3.63) is 29.1 Å². The zero-order valence-corrected chi connectivity index (χ0v) is 12.0. The Kier molecular flexibility index (Phi) is 3.23. The molecule has 7 nitrogen and oxygen atoms in total. The average molecular weight is 290 g/mol. The highest BCUT2D eigenvalue weighted by Crippen LogP contribution is 2.20. The molecular formula is C12H14N6OS. The lowest BCUT2D eigenvalue weighted by Crippen LogP contribution is -2.03. The van der Waals surface area contributed by atoms with Crippen molar-refractivity contribution in [2.75, 3.05) is 7.11 Å². The number of H-pyrrole nitrogens is 1. The molecular weight excluding hydrogens is 276 g/mol. The van der Waals surface area contributed by atoms with Crippen LogP contribution in [0.1, 0.15) is 5.69 Å². The van der Waals surface area contributed by atoms with Gasteiger partial charge in [0.05, 0.1) is 12.8 Å². The number of aryl methyl sites for hydroxylation is 3. The number of aromatic amines is 1. The normalized spacial score (nSPS) is 11.1. The lowest BCUT2D eigenvalue weighted by atomic mass is 10.3. The summed E-state index contributed by atoms with van der Waals surface area (Å²) < 4.78 is 9.53. The fourth-order valence-electron chi connectivity index (χ4n) is 2.13. The predicted molar refractivity (Wildman–Crippen MR) is 76.2 cm³/mol. The van der Waals surface area contributed by atoms with E-state index in [-0.39, 0.29) is 0 Å². The van der Waals surface area contributed by atoms with E-state index in [0.29, 0.717) is 17.2 Å². The number of nitrogens with one attached hydrogen (secondary N) is 1. The van der Waals surface area contributed by atoms with Crippen molar-refractivity contribution in [2.45, 2.75) is 13.0 Å². The fourth-order valence-corrected chi connectivity index (χ4v) is 2.41. The number of methoxy groups -OCH3 is 1. The highest BCUT2D eigenvalue weighted by Gasteiger charge is 2.11. The Labute approximate surface area is 120 Å². The first-order valence-corrected chi connectivity index (χ1v) is 6.56. The smallest absolute Gasteiger partial charge is 0.242 e. The van der Waals surface area contributed by atoms with Crippen LogP contribution in [0.25, 0.3) is 11.2 Å². The molecule has 0 saturated heterocycles. The Morgan fingerprint density at radius 3 is 2.95 bits per heavy atom. The second-order valence-electron chi connectivity index (χ2n) is 4.39. The monoisotopic (exact) mass is 290 g/mol. The Morgan fingerprint density at radius 2 is 2.25 bits per heavy atom. The van der Waals surface area contributed by atoms with Crippen molar-refractivity contribution in [1.29, 1.82) is 0 Å². The topological polar surface area (TPSA) is 73.6 Å². The quantitative estimate of drug-likeness (QED) is 0.737. The Bertz CT molecular complexity index is 802. The third-order valence-corrected chi connectivity index (χ3v) is 3.40. The molecule has 0 aromatic carbocycles. The number of imidazole rings is 1. The maximum atomic E-state index is 5.34. The summed E-state index contributed by atoms with van der Waals surface area (Å²) in [5.41, 5.74) is 2.49. The van der Waals surface area contributed by atoms with Gasteiger partial charge in [-0.05, 0) is 18.3 Å². The summed E-state index contributed by atoms with van der Waals surface area (Å²) in [7, 11) is 3.48. The molecule has 0 aliphatic carbocycles. The van der Waals surface area contributed by atoms with E-state index in [1.54, 1.807) is 11.8 Å².